The van der Waals surface area contributed by atoms with E-state index in [1.54, 1.807) is 38.1 Å². The first-order chi connectivity index (χ1) is 13.9. The maximum atomic E-state index is 13.2. The molecule has 2 aliphatic rings. The molecule has 0 fully saturated rings. The molecule has 1 aliphatic carbocycles. The summed E-state index contributed by atoms with van der Waals surface area (Å²) in [4.78, 5) is 41.1. The zero-order valence-electron chi connectivity index (χ0n) is 16.3. The van der Waals surface area contributed by atoms with Crippen molar-refractivity contribution in [2.24, 2.45) is 5.92 Å². The van der Waals surface area contributed by atoms with Crippen LogP contribution in [0.5, 0.6) is 0 Å². The Hall–Kier alpha value is -2.98. The van der Waals surface area contributed by atoms with Gasteiger partial charge in [-0.3, -0.25) is 19.3 Å². The van der Waals surface area contributed by atoms with Gasteiger partial charge in [-0.15, -0.1) is 11.3 Å². The molecule has 148 valence electrons. The number of carbonyl (C=O) groups excluding carboxylic acids is 3. The highest BCUT2D eigenvalue weighted by molar-refractivity contribution is 7.16. The Labute approximate surface area is 173 Å². The largest absolute Gasteiger partial charge is 0.315 e. The van der Waals surface area contributed by atoms with Gasteiger partial charge in [0.15, 0.2) is 0 Å². The highest BCUT2D eigenvalue weighted by atomic mass is 32.1. The Bertz CT molecular complexity index is 1030. The minimum atomic E-state index is -0.951. The summed E-state index contributed by atoms with van der Waals surface area (Å²) >= 11 is 1.43. The van der Waals surface area contributed by atoms with E-state index in [0.29, 0.717) is 21.7 Å². The molecule has 4 rings (SSSR count). The Morgan fingerprint density at radius 3 is 2.34 bits per heavy atom. The lowest BCUT2D eigenvalue weighted by Crippen LogP contribution is -2.50. The number of thiophene rings is 1. The second-order valence-electron chi connectivity index (χ2n) is 7.73. The number of aryl methyl sites for hydroxylation is 1. The van der Waals surface area contributed by atoms with Gasteiger partial charge in [0.1, 0.15) is 17.1 Å². The summed E-state index contributed by atoms with van der Waals surface area (Å²) in [5, 5.41) is 13.0. The van der Waals surface area contributed by atoms with Crippen molar-refractivity contribution in [1.29, 1.82) is 5.26 Å². The average molecular weight is 407 g/mol. The quantitative estimate of drug-likeness (QED) is 0.782. The Balaban J connectivity index is 1.65. The monoisotopic (exact) mass is 407 g/mol. The van der Waals surface area contributed by atoms with Crippen LogP contribution in [0.1, 0.15) is 63.4 Å². The van der Waals surface area contributed by atoms with E-state index in [1.807, 2.05) is 0 Å². The number of benzene rings is 1. The van der Waals surface area contributed by atoms with Crippen molar-refractivity contribution in [2.75, 3.05) is 5.32 Å². The molecule has 3 amide bonds. The lowest BCUT2D eigenvalue weighted by Gasteiger charge is -2.28. The Morgan fingerprint density at radius 2 is 1.76 bits per heavy atom. The molecule has 1 unspecified atom stereocenters. The van der Waals surface area contributed by atoms with E-state index in [1.165, 1.54) is 11.3 Å². The van der Waals surface area contributed by atoms with Gasteiger partial charge in [-0.1, -0.05) is 26.0 Å². The fraction of sp³-hybridized carbons (Fsp3) is 0.364. The molecule has 0 radical (unpaired) electrons. The summed E-state index contributed by atoms with van der Waals surface area (Å²) in [6, 6.07) is 7.89. The third kappa shape index (κ3) is 3.14. The first-order valence-corrected chi connectivity index (χ1v) is 10.6. The van der Waals surface area contributed by atoms with Gasteiger partial charge in [0.05, 0.1) is 16.7 Å². The molecule has 1 aliphatic heterocycles. The normalized spacial score (nSPS) is 16.4. The van der Waals surface area contributed by atoms with Gasteiger partial charge in [-0.2, -0.15) is 5.26 Å². The second-order valence-corrected chi connectivity index (χ2v) is 8.84. The van der Waals surface area contributed by atoms with Gasteiger partial charge in [0.25, 0.3) is 11.8 Å². The van der Waals surface area contributed by atoms with Crippen molar-refractivity contribution in [3.05, 3.63) is 51.4 Å². The van der Waals surface area contributed by atoms with Crippen molar-refractivity contribution >= 4 is 34.1 Å². The number of anilines is 1. The highest BCUT2D eigenvalue weighted by Gasteiger charge is 2.44. The fourth-order valence-corrected chi connectivity index (χ4v) is 5.38. The van der Waals surface area contributed by atoms with Crippen LogP contribution in [-0.4, -0.2) is 28.7 Å². The molecule has 6 nitrogen and oxygen atoms in total. The minimum Gasteiger partial charge on any atom is -0.315 e. The molecule has 1 aromatic heterocycles. The van der Waals surface area contributed by atoms with Crippen molar-refractivity contribution in [2.45, 2.75) is 45.6 Å². The van der Waals surface area contributed by atoms with Crippen LogP contribution in [0, 0.1) is 17.2 Å². The molecule has 1 N–H and O–H groups in total. The standard InChI is InChI=1S/C22H21N3O3S/c1-12(2)18(25-21(27)14-8-3-4-9-15(14)22(25)28)19(26)24-20-16(11-23)13-7-5-6-10-17(13)29-20/h3-4,8-9,12,18H,5-7,10H2,1-2H3,(H,24,26). The van der Waals surface area contributed by atoms with Crippen molar-refractivity contribution in [3.8, 4) is 6.07 Å². The summed E-state index contributed by atoms with van der Waals surface area (Å²) in [5.41, 5.74) is 2.18. The van der Waals surface area contributed by atoms with E-state index >= 15 is 0 Å². The number of hydrogen-bond donors (Lipinski definition) is 1. The van der Waals surface area contributed by atoms with Gasteiger partial charge < -0.3 is 5.32 Å². The summed E-state index contributed by atoms with van der Waals surface area (Å²) in [6.45, 7) is 3.61. The zero-order valence-corrected chi connectivity index (χ0v) is 17.1. The fourth-order valence-electron chi connectivity index (χ4n) is 4.14. The topological polar surface area (TPSA) is 90.3 Å². The van der Waals surface area contributed by atoms with Crippen molar-refractivity contribution in [3.63, 3.8) is 0 Å². The van der Waals surface area contributed by atoms with Crippen LogP contribution in [0.3, 0.4) is 0 Å². The van der Waals surface area contributed by atoms with E-state index in [0.717, 1.165) is 41.0 Å². The van der Waals surface area contributed by atoms with E-state index < -0.39 is 23.8 Å². The number of nitrogens with one attached hydrogen (secondary N) is 1. The number of carbonyl (C=O) groups is 3. The molecule has 1 aromatic carbocycles. The second kappa shape index (κ2) is 7.45. The van der Waals surface area contributed by atoms with Gasteiger partial charge in [0, 0.05) is 4.88 Å². The molecule has 0 saturated carbocycles. The van der Waals surface area contributed by atoms with E-state index in [4.69, 9.17) is 0 Å². The molecule has 1 atom stereocenters. The molecule has 2 heterocycles. The average Bonchev–Trinajstić information content (AvgIpc) is 3.18. The van der Waals surface area contributed by atoms with Gasteiger partial charge in [-0.05, 0) is 49.3 Å². The van der Waals surface area contributed by atoms with Crippen molar-refractivity contribution in [1.82, 2.24) is 4.90 Å². The van der Waals surface area contributed by atoms with Gasteiger partial charge >= 0.3 is 0 Å². The predicted molar refractivity (Wildman–Crippen MR) is 110 cm³/mol. The first-order valence-electron chi connectivity index (χ1n) is 9.76. The summed E-state index contributed by atoms with van der Waals surface area (Å²) < 4.78 is 0. The van der Waals surface area contributed by atoms with Crippen LogP contribution in [0.15, 0.2) is 24.3 Å². The third-order valence-corrected chi connectivity index (χ3v) is 6.73. The highest BCUT2D eigenvalue weighted by Crippen LogP contribution is 2.38. The van der Waals surface area contributed by atoms with Gasteiger partial charge in [0.2, 0.25) is 5.91 Å². The maximum Gasteiger partial charge on any atom is 0.262 e. The van der Waals surface area contributed by atoms with Crippen LogP contribution < -0.4 is 5.32 Å². The predicted octanol–water partition coefficient (Wildman–Crippen LogP) is 3.76. The SMILES string of the molecule is CC(C)C(C(=O)Nc1sc2c(c1C#N)CCCC2)N1C(=O)c2ccccc2C1=O. The van der Waals surface area contributed by atoms with Crippen LogP contribution in [0.2, 0.25) is 0 Å². The smallest absolute Gasteiger partial charge is 0.262 e. The molecule has 0 spiro atoms. The molecular formula is C22H21N3O3S. The zero-order chi connectivity index (χ0) is 20.7. The third-order valence-electron chi connectivity index (χ3n) is 5.52. The van der Waals surface area contributed by atoms with Crippen LogP contribution >= 0.6 is 11.3 Å². The Kier molecular flexibility index (Phi) is 4.97. The Morgan fingerprint density at radius 1 is 1.14 bits per heavy atom. The molecular weight excluding hydrogens is 386 g/mol. The lowest BCUT2D eigenvalue weighted by atomic mass is 9.96. The summed E-state index contributed by atoms with van der Waals surface area (Å²) in [7, 11) is 0. The lowest BCUT2D eigenvalue weighted by molar-refractivity contribution is -0.121. The number of nitrogens with zero attached hydrogens (tertiary/aromatic N) is 2. The number of nitriles is 1. The van der Waals surface area contributed by atoms with Crippen LogP contribution in [0.25, 0.3) is 0 Å². The molecule has 0 bridgehead atoms. The minimum absolute atomic E-state index is 0.280. The molecule has 0 saturated heterocycles. The molecule has 7 heteroatoms. The maximum absolute atomic E-state index is 13.2. The number of amides is 3. The summed E-state index contributed by atoms with van der Waals surface area (Å²) in [5.74, 6) is -1.63. The number of fused-ring (bicyclic) bond motifs is 2. The van der Waals surface area contributed by atoms with E-state index in [9.17, 15) is 19.6 Å². The van der Waals surface area contributed by atoms with Crippen molar-refractivity contribution < 1.29 is 14.4 Å². The van der Waals surface area contributed by atoms with E-state index in [-0.39, 0.29) is 5.92 Å². The number of hydrogen-bond acceptors (Lipinski definition) is 5. The molecule has 2 aromatic rings. The van der Waals surface area contributed by atoms with Crippen LogP contribution in [0.4, 0.5) is 5.00 Å². The number of rotatable bonds is 4. The van der Waals surface area contributed by atoms with Crippen LogP contribution in [-0.2, 0) is 17.6 Å². The molecule has 29 heavy (non-hydrogen) atoms. The van der Waals surface area contributed by atoms with E-state index in [2.05, 4.69) is 11.4 Å². The number of imide groups is 1. The first kappa shape index (κ1) is 19.3. The summed E-state index contributed by atoms with van der Waals surface area (Å²) in [6.07, 6.45) is 3.87. The van der Waals surface area contributed by atoms with Gasteiger partial charge in [-0.25, -0.2) is 0 Å².